The van der Waals surface area contributed by atoms with Gasteiger partial charge >= 0.3 is 0 Å². The Hall–Kier alpha value is -1.02. The minimum absolute atomic E-state index is 0.0273. The molecular formula is C17H29NO. The molecule has 1 aromatic carbocycles. The first-order chi connectivity index (χ1) is 9.15. The second-order valence-corrected chi connectivity index (χ2v) is 5.45. The number of nitrogens with two attached hydrogens (primary N) is 1. The Morgan fingerprint density at radius 1 is 1.11 bits per heavy atom. The summed E-state index contributed by atoms with van der Waals surface area (Å²) in [4.78, 5) is 0. The minimum atomic E-state index is 0.0273. The maximum atomic E-state index is 5.99. The third-order valence-electron chi connectivity index (χ3n) is 3.41. The zero-order chi connectivity index (χ0) is 14.1. The highest BCUT2D eigenvalue weighted by molar-refractivity contribution is 5.38. The largest absolute Gasteiger partial charge is 0.493 e. The highest BCUT2D eigenvalue weighted by atomic mass is 16.5. The molecule has 0 aliphatic carbocycles. The fraction of sp³-hybridized carbons (Fsp3) is 0.647. The van der Waals surface area contributed by atoms with Crippen LogP contribution in [-0.2, 0) is 0 Å². The van der Waals surface area contributed by atoms with Crippen LogP contribution in [0.2, 0.25) is 0 Å². The fourth-order valence-electron chi connectivity index (χ4n) is 2.22. The van der Waals surface area contributed by atoms with Crippen molar-refractivity contribution < 1.29 is 4.74 Å². The highest BCUT2D eigenvalue weighted by Crippen LogP contribution is 2.25. The number of benzene rings is 1. The molecule has 0 spiro atoms. The summed E-state index contributed by atoms with van der Waals surface area (Å²) in [5.74, 6) is 0.953. The first-order valence-corrected chi connectivity index (χ1v) is 7.64. The van der Waals surface area contributed by atoms with E-state index >= 15 is 0 Å². The molecule has 0 radical (unpaired) electrons. The van der Waals surface area contributed by atoms with E-state index in [1.165, 1.54) is 37.7 Å². The van der Waals surface area contributed by atoms with Crippen LogP contribution in [0.4, 0.5) is 0 Å². The summed E-state index contributed by atoms with van der Waals surface area (Å²) >= 11 is 0. The SMILES string of the molecule is CCCCCCCCOc1ccc(C)cc1[C@@H](C)N. The highest BCUT2D eigenvalue weighted by Gasteiger charge is 2.08. The van der Waals surface area contributed by atoms with Crippen LogP contribution in [0.25, 0.3) is 0 Å². The number of aryl methyl sites for hydroxylation is 1. The van der Waals surface area contributed by atoms with Crippen LogP contribution in [0.1, 0.15) is 69.5 Å². The summed E-state index contributed by atoms with van der Waals surface area (Å²) in [6.07, 6.45) is 7.73. The molecule has 19 heavy (non-hydrogen) atoms. The van der Waals surface area contributed by atoms with Crippen LogP contribution in [0.15, 0.2) is 18.2 Å². The van der Waals surface area contributed by atoms with Crippen LogP contribution in [0.3, 0.4) is 0 Å². The number of hydrogen-bond donors (Lipinski definition) is 1. The third-order valence-corrected chi connectivity index (χ3v) is 3.41. The molecule has 0 fully saturated rings. The summed E-state index contributed by atoms with van der Waals surface area (Å²) in [5, 5.41) is 0. The number of ether oxygens (including phenoxy) is 1. The maximum absolute atomic E-state index is 5.99. The quantitative estimate of drug-likeness (QED) is 0.652. The van der Waals surface area contributed by atoms with Gasteiger partial charge in [-0.15, -0.1) is 0 Å². The topological polar surface area (TPSA) is 35.2 Å². The molecule has 108 valence electrons. The standard InChI is InChI=1S/C17H29NO/c1-4-5-6-7-8-9-12-19-17-11-10-14(2)13-16(17)15(3)18/h10-11,13,15H,4-9,12,18H2,1-3H3/t15-/m1/s1. The van der Waals surface area contributed by atoms with E-state index in [9.17, 15) is 0 Å². The van der Waals surface area contributed by atoms with Crippen LogP contribution < -0.4 is 10.5 Å². The molecule has 0 unspecified atom stereocenters. The lowest BCUT2D eigenvalue weighted by Crippen LogP contribution is -2.09. The molecule has 0 bridgehead atoms. The first kappa shape index (κ1) is 16.0. The monoisotopic (exact) mass is 263 g/mol. The van der Waals surface area contributed by atoms with Gasteiger partial charge in [0.15, 0.2) is 0 Å². The Morgan fingerprint density at radius 3 is 2.47 bits per heavy atom. The second-order valence-electron chi connectivity index (χ2n) is 5.45. The van der Waals surface area contributed by atoms with Gasteiger partial charge in [-0.25, -0.2) is 0 Å². The molecule has 0 aromatic heterocycles. The predicted octanol–water partition coefficient (Wildman–Crippen LogP) is 4.75. The van der Waals surface area contributed by atoms with Gasteiger partial charge in [-0.3, -0.25) is 0 Å². The van der Waals surface area contributed by atoms with Gasteiger partial charge in [0.05, 0.1) is 6.61 Å². The van der Waals surface area contributed by atoms with Gasteiger partial charge in [0.25, 0.3) is 0 Å². The second kappa shape index (κ2) is 8.98. The summed E-state index contributed by atoms with van der Waals surface area (Å²) < 4.78 is 5.88. The molecule has 2 nitrogen and oxygen atoms in total. The van der Waals surface area contributed by atoms with E-state index in [0.717, 1.165) is 24.3 Å². The van der Waals surface area contributed by atoms with Crippen molar-refractivity contribution in [1.29, 1.82) is 0 Å². The van der Waals surface area contributed by atoms with Crippen molar-refractivity contribution in [3.63, 3.8) is 0 Å². The molecule has 0 aliphatic heterocycles. The smallest absolute Gasteiger partial charge is 0.124 e. The number of hydrogen-bond acceptors (Lipinski definition) is 2. The Labute approximate surface area is 118 Å². The van der Waals surface area contributed by atoms with Crippen molar-refractivity contribution in [2.24, 2.45) is 5.73 Å². The number of unbranched alkanes of at least 4 members (excludes halogenated alkanes) is 5. The van der Waals surface area contributed by atoms with E-state index in [2.05, 4.69) is 26.0 Å². The molecule has 0 saturated carbocycles. The van der Waals surface area contributed by atoms with Gasteiger partial charge in [0.1, 0.15) is 5.75 Å². The van der Waals surface area contributed by atoms with Gasteiger partial charge in [-0.2, -0.15) is 0 Å². The zero-order valence-electron chi connectivity index (χ0n) is 12.7. The Morgan fingerprint density at radius 2 is 1.79 bits per heavy atom. The lowest BCUT2D eigenvalue weighted by atomic mass is 10.1. The molecule has 2 N–H and O–H groups in total. The molecule has 1 aromatic rings. The third kappa shape index (κ3) is 6.11. The molecule has 0 amide bonds. The van der Waals surface area contributed by atoms with Crippen LogP contribution >= 0.6 is 0 Å². The van der Waals surface area contributed by atoms with E-state index in [1.807, 2.05) is 13.0 Å². The Kier molecular flexibility index (Phi) is 7.57. The van der Waals surface area contributed by atoms with Crippen molar-refractivity contribution in [3.8, 4) is 5.75 Å². The molecule has 0 saturated heterocycles. The average molecular weight is 263 g/mol. The maximum Gasteiger partial charge on any atom is 0.124 e. The lowest BCUT2D eigenvalue weighted by Gasteiger charge is -2.14. The Bertz CT molecular complexity index is 360. The molecule has 1 rings (SSSR count). The van der Waals surface area contributed by atoms with Gasteiger partial charge < -0.3 is 10.5 Å². The summed E-state index contributed by atoms with van der Waals surface area (Å²) in [7, 11) is 0. The van der Waals surface area contributed by atoms with E-state index in [4.69, 9.17) is 10.5 Å². The van der Waals surface area contributed by atoms with Crippen LogP contribution in [-0.4, -0.2) is 6.61 Å². The molecule has 0 heterocycles. The molecule has 2 heteroatoms. The van der Waals surface area contributed by atoms with E-state index in [-0.39, 0.29) is 6.04 Å². The van der Waals surface area contributed by atoms with Crippen LogP contribution in [0.5, 0.6) is 5.75 Å². The fourth-order valence-corrected chi connectivity index (χ4v) is 2.22. The van der Waals surface area contributed by atoms with Gasteiger partial charge in [-0.05, 0) is 26.3 Å². The minimum Gasteiger partial charge on any atom is -0.493 e. The van der Waals surface area contributed by atoms with Gasteiger partial charge in [-0.1, -0.05) is 56.7 Å². The predicted molar refractivity (Wildman–Crippen MR) is 82.7 cm³/mol. The summed E-state index contributed by atoms with van der Waals surface area (Å²) in [6, 6.07) is 6.29. The van der Waals surface area contributed by atoms with Gasteiger partial charge in [0, 0.05) is 11.6 Å². The Balaban J connectivity index is 2.33. The zero-order valence-corrected chi connectivity index (χ0v) is 12.7. The average Bonchev–Trinajstić information content (AvgIpc) is 2.39. The molecule has 1 atom stereocenters. The van der Waals surface area contributed by atoms with Crippen molar-refractivity contribution in [3.05, 3.63) is 29.3 Å². The molecular weight excluding hydrogens is 234 g/mol. The van der Waals surface area contributed by atoms with Crippen molar-refractivity contribution in [1.82, 2.24) is 0 Å². The van der Waals surface area contributed by atoms with Crippen LogP contribution in [0, 0.1) is 6.92 Å². The van der Waals surface area contributed by atoms with E-state index in [0.29, 0.717) is 0 Å². The molecule has 0 aliphatic rings. The van der Waals surface area contributed by atoms with E-state index < -0.39 is 0 Å². The number of rotatable bonds is 9. The van der Waals surface area contributed by atoms with Gasteiger partial charge in [0.2, 0.25) is 0 Å². The lowest BCUT2D eigenvalue weighted by molar-refractivity contribution is 0.300. The summed E-state index contributed by atoms with van der Waals surface area (Å²) in [5.41, 5.74) is 8.34. The normalized spacial score (nSPS) is 12.4. The van der Waals surface area contributed by atoms with Crippen molar-refractivity contribution in [2.45, 2.75) is 65.3 Å². The van der Waals surface area contributed by atoms with E-state index in [1.54, 1.807) is 0 Å². The van der Waals surface area contributed by atoms with Crippen molar-refractivity contribution in [2.75, 3.05) is 6.61 Å². The first-order valence-electron chi connectivity index (χ1n) is 7.64. The summed E-state index contributed by atoms with van der Waals surface area (Å²) in [6.45, 7) is 7.14. The van der Waals surface area contributed by atoms with Crippen molar-refractivity contribution >= 4 is 0 Å².